The van der Waals surface area contributed by atoms with Crippen LogP contribution in [-0.2, 0) is 9.59 Å². The number of phenols is 1. The number of amides is 1. The molecule has 4 rings (SSSR count). The Morgan fingerprint density at radius 1 is 1.23 bits per heavy atom. The number of aliphatic hydroxyl groups excluding tert-OH is 2. The summed E-state index contributed by atoms with van der Waals surface area (Å²) in [4.78, 5) is 39.8. The molecule has 0 aromatic heterocycles. The number of rotatable bonds is 2. The van der Waals surface area contributed by atoms with Crippen LogP contribution in [0.4, 0.5) is 0 Å². The van der Waals surface area contributed by atoms with Crippen molar-refractivity contribution in [3.8, 4) is 5.75 Å². The largest absolute Gasteiger partial charge is 0.510 e. The Labute approximate surface area is 177 Å². The van der Waals surface area contributed by atoms with Crippen molar-refractivity contribution in [1.29, 1.82) is 0 Å². The molecule has 1 amide bonds. The van der Waals surface area contributed by atoms with Crippen LogP contribution in [0.1, 0.15) is 22.3 Å². The second kappa shape index (κ2) is 6.53. The maximum atomic E-state index is 13.2. The van der Waals surface area contributed by atoms with Crippen LogP contribution in [-0.4, -0.2) is 68.5 Å². The molecule has 0 saturated carbocycles. The number of allylic oxidation sites excluding steroid dienone is 2. The van der Waals surface area contributed by atoms with Gasteiger partial charge in [-0.25, -0.2) is 0 Å². The molecule has 0 spiro atoms. The summed E-state index contributed by atoms with van der Waals surface area (Å²) in [6.45, 7) is 4.02. The van der Waals surface area contributed by atoms with Crippen molar-refractivity contribution in [3.05, 3.63) is 58.6 Å². The lowest BCUT2D eigenvalue weighted by atomic mass is 9.58. The summed E-state index contributed by atoms with van der Waals surface area (Å²) in [6, 6.07) is 3.44. The second-order valence-corrected chi connectivity index (χ2v) is 8.34. The first kappa shape index (κ1) is 20.8. The van der Waals surface area contributed by atoms with Gasteiger partial charge in [-0.3, -0.25) is 19.3 Å². The molecular weight excluding hydrogens is 404 g/mol. The number of fused-ring (bicyclic) bond motifs is 3. The predicted octanol–water partition coefficient (Wildman–Crippen LogP) is 0.591. The third kappa shape index (κ3) is 2.47. The number of likely N-dealkylation sites (N-methyl/N-ethyl adjacent to an activating group) is 1. The first-order valence-electron chi connectivity index (χ1n) is 9.60. The first-order chi connectivity index (χ1) is 14.4. The van der Waals surface area contributed by atoms with Crippen molar-refractivity contribution in [2.45, 2.75) is 18.1 Å². The van der Waals surface area contributed by atoms with E-state index in [9.17, 15) is 34.8 Å². The Morgan fingerprint density at radius 3 is 2.45 bits per heavy atom. The minimum absolute atomic E-state index is 0.0275. The van der Waals surface area contributed by atoms with Gasteiger partial charge < -0.3 is 26.2 Å². The number of aromatic hydroxyl groups is 1. The van der Waals surface area contributed by atoms with Crippen LogP contribution in [0.25, 0.3) is 5.57 Å². The summed E-state index contributed by atoms with van der Waals surface area (Å²) >= 11 is 0. The van der Waals surface area contributed by atoms with Gasteiger partial charge in [-0.1, -0.05) is 18.7 Å². The number of carbonyl (C=O) groups excluding carboxylic acids is 3. The zero-order chi connectivity index (χ0) is 23.0. The number of primary amides is 1. The highest BCUT2D eigenvalue weighted by atomic mass is 16.3. The number of Topliss-reactive ketones (excluding diaryl/α,β-unsaturated/α-hetero) is 2. The van der Waals surface area contributed by atoms with E-state index in [4.69, 9.17) is 5.73 Å². The number of carbonyl (C=O) groups is 3. The van der Waals surface area contributed by atoms with Crippen LogP contribution in [0.5, 0.6) is 5.75 Å². The standard InChI is InChI=1S/C22H22N2O7/c1-8-9-5-4-6-12(25)13(9)17(26)14-10(8)7-11-16(24(2)3)18(27)15(21(23)30)20(29)22(11,31)19(14)28/h4-6,10-11,16,25,27-28,31H,1,7H2,2-3H3,(H2,23,30)/t10-,11+,16+,22+/m1/s1. The Kier molecular flexibility index (Phi) is 4.39. The fourth-order valence-electron chi connectivity index (χ4n) is 5.16. The number of nitrogens with zero attached hydrogens (tertiary/aromatic N) is 1. The lowest BCUT2D eigenvalue weighted by molar-refractivity contribution is -0.148. The van der Waals surface area contributed by atoms with Gasteiger partial charge in [0.05, 0.1) is 11.6 Å². The molecule has 9 heteroatoms. The Hall–Kier alpha value is -3.43. The lowest BCUT2D eigenvalue weighted by Crippen LogP contribution is -2.63. The molecule has 0 aliphatic heterocycles. The van der Waals surface area contributed by atoms with Crippen LogP contribution < -0.4 is 5.73 Å². The summed E-state index contributed by atoms with van der Waals surface area (Å²) < 4.78 is 0. The summed E-state index contributed by atoms with van der Waals surface area (Å²) in [5.41, 5.74) is 2.26. The van der Waals surface area contributed by atoms with Crippen molar-refractivity contribution in [3.63, 3.8) is 0 Å². The molecular formula is C22H22N2O7. The lowest BCUT2D eigenvalue weighted by Gasteiger charge is -2.50. The van der Waals surface area contributed by atoms with Crippen LogP contribution in [0.2, 0.25) is 0 Å². The third-order valence-electron chi connectivity index (χ3n) is 6.56. The molecule has 1 aromatic rings. The molecule has 6 N–H and O–H groups in total. The highest BCUT2D eigenvalue weighted by Crippen LogP contribution is 2.54. The molecule has 9 nitrogen and oxygen atoms in total. The van der Waals surface area contributed by atoms with Crippen molar-refractivity contribution >= 4 is 23.0 Å². The number of nitrogens with two attached hydrogens (primary N) is 1. The normalized spacial score (nSPS) is 30.3. The summed E-state index contributed by atoms with van der Waals surface area (Å²) in [6.07, 6.45) is -0.0275. The maximum absolute atomic E-state index is 13.2. The molecule has 3 aliphatic rings. The summed E-state index contributed by atoms with van der Waals surface area (Å²) in [5, 5.41) is 43.5. The highest BCUT2D eigenvalue weighted by Gasteiger charge is 2.63. The topological polar surface area (TPSA) is 161 Å². The van der Waals surface area contributed by atoms with Crippen LogP contribution in [0, 0.1) is 11.8 Å². The van der Waals surface area contributed by atoms with Crippen LogP contribution >= 0.6 is 0 Å². The molecule has 0 bridgehead atoms. The molecule has 1 aromatic carbocycles. The van der Waals surface area contributed by atoms with Crippen LogP contribution in [0.15, 0.2) is 47.4 Å². The third-order valence-corrected chi connectivity index (χ3v) is 6.56. The first-order valence-corrected chi connectivity index (χ1v) is 9.60. The van der Waals surface area contributed by atoms with Gasteiger partial charge in [0.1, 0.15) is 22.8 Å². The number of phenolic OH excluding ortho intramolecular Hbond substituents is 1. The Bertz CT molecular complexity index is 1150. The molecule has 4 atom stereocenters. The van der Waals surface area contributed by atoms with E-state index in [0.717, 1.165) is 0 Å². The summed E-state index contributed by atoms with van der Waals surface area (Å²) in [5.74, 6) is -7.00. The molecule has 162 valence electrons. The van der Waals surface area contributed by atoms with Gasteiger partial charge in [0.25, 0.3) is 5.91 Å². The monoisotopic (exact) mass is 426 g/mol. The van der Waals surface area contributed by atoms with E-state index in [1.807, 2.05) is 0 Å². The molecule has 0 unspecified atom stereocenters. The smallest absolute Gasteiger partial charge is 0.255 e. The Morgan fingerprint density at radius 2 is 1.87 bits per heavy atom. The number of hydrogen-bond acceptors (Lipinski definition) is 8. The average Bonchev–Trinajstić information content (AvgIpc) is 2.68. The highest BCUT2D eigenvalue weighted by molar-refractivity contribution is 6.25. The fraction of sp³-hybridized carbons (Fsp3) is 0.318. The molecule has 0 heterocycles. The maximum Gasteiger partial charge on any atom is 0.255 e. The van der Waals surface area contributed by atoms with Crippen LogP contribution in [0.3, 0.4) is 0 Å². The van der Waals surface area contributed by atoms with Gasteiger partial charge in [-0.2, -0.15) is 0 Å². The van der Waals surface area contributed by atoms with Gasteiger partial charge in [0.15, 0.2) is 11.4 Å². The molecule has 3 aliphatic carbocycles. The quantitative estimate of drug-likeness (QED) is 0.429. The van der Waals surface area contributed by atoms with E-state index in [2.05, 4.69) is 6.58 Å². The molecule has 31 heavy (non-hydrogen) atoms. The summed E-state index contributed by atoms with van der Waals surface area (Å²) in [7, 11) is 3.14. The van der Waals surface area contributed by atoms with Gasteiger partial charge >= 0.3 is 0 Å². The number of benzene rings is 1. The predicted molar refractivity (Wildman–Crippen MR) is 109 cm³/mol. The SMILES string of the molecule is C=C1c2cccc(O)c2C(=O)C2=C(O)[C@]3(O)C(=O)C(C(N)=O)=C(O)[C@@H](N(C)C)[C@@H]3C[C@H]12. The minimum Gasteiger partial charge on any atom is -0.510 e. The van der Waals surface area contributed by atoms with E-state index < -0.39 is 58.0 Å². The second-order valence-electron chi connectivity index (χ2n) is 8.34. The minimum atomic E-state index is -2.66. The number of ketones is 2. The number of aliphatic hydroxyl groups is 3. The fourth-order valence-corrected chi connectivity index (χ4v) is 5.16. The Balaban J connectivity index is 2.02. The zero-order valence-corrected chi connectivity index (χ0v) is 16.9. The van der Waals surface area contributed by atoms with Gasteiger partial charge in [0.2, 0.25) is 5.78 Å². The van der Waals surface area contributed by atoms with E-state index in [1.54, 1.807) is 26.2 Å². The van der Waals surface area contributed by atoms with E-state index >= 15 is 0 Å². The molecule has 0 radical (unpaired) electrons. The van der Waals surface area contributed by atoms with E-state index in [1.165, 1.54) is 11.0 Å². The van der Waals surface area contributed by atoms with Gasteiger partial charge in [-0.15, -0.1) is 0 Å². The zero-order valence-electron chi connectivity index (χ0n) is 16.9. The van der Waals surface area contributed by atoms with Crippen molar-refractivity contribution in [2.24, 2.45) is 17.6 Å². The van der Waals surface area contributed by atoms with Crippen molar-refractivity contribution in [2.75, 3.05) is 14.1 Å². The van der Waals surface area contributed by atoms with Gasteiger partial charge in [-0.05, 0) is 37.7 Å². The van der Waals surface area contributed by atoms with Crippen molar-refractivity contribution < 1.29 is 34.8 Å². The average molecular weight is 426 g/mol. The molecule has 0 fully saturated rings. The number of hydrogen-bond donors (Lipinski definition) is 5. The molecule has 0 saturated heterocycles. The van der Waals surface area contributed by atoms with E-state index in [-0.39, 0.29) is 23.3 Å². The van der Waals surface area contributed by atoms with E-state index in [0.29, 0.717) is 11.1 Å². The van der Waals surface area contributed by atoms with Gasteiger partial charge in [0, 0.05) is 17.4 Å². The van der Waals surface area contributed by atoms with Crippen molar-refractivity contribution in [1.82, 2.24) is 4.90 Å².